The summed E-state index contributed by atoms with van der Waals surface area (Å²) in [6.45, 7) is 11.0. The first kappa shape index (κ1) is 24.2. The Bertz CT molecular complexity index is 895. The Hall–Kier alpha value is -2.49. The number of benzene rings is 1. The van der Waals surface area contributed by atoms with E-state index in [9.17, 15) is 9.59 Å². The van der Waals surface area contributed by atoms with Gasteiger partial charge in [0, 0.05) is 43.3 Å². The average Bonchev–Trinajstić information content (AvgIpc) is 3.27. The van der Waals surface area contributed by atoms with Crippen molar-refractivity contribution in [3.63, 3.8) is 0 Å². The maximum absolute atomic E-state index is 13.0. The summed E-state index contributed by atoms with van der Waals surface area (Å²) in [5, 5.41) is 8.44. The van der Waals surface area contributed by atoms with Gasteiger partial charge in [-0.05, 0) is 31.9 Å². The van der Waals surface area contributed by atoms with E-state index in [1.165, 1.54) is 11.3 Å². The van der Waals surface area contributed by atoms with Crippen molar-refractivity contribution in [2.45, 2.75) is 39.8 Å². The summed E-state index contributed by atoms with van der Waals surface area (Å²) in [7, 11) is 0. The number of nitrogens with one attached hydrogen (secondary N) is 2. The molecule has 0 radical (unpaired) electrons. The lowest BCUT2D eigenvalue weighted by Gasteiger charge is -2.26. The van der Waals surface area contributed by atoms with Crippen LogP contribution in [-0.2, 0) is 17.7 Å². The Balaban J connectivity index is 1.55. The molecule has 3 amide bonds. The SMILES string of the molecule is CCc1ccccc1NC(=O)N(Cc1nc(C(=O)NCCN2CCOCC2)cs1)C(C)C. The highest BCUT2D eigenvalue weighted by atomic mass is 32.1. The summed E-state index contributed by atoms with van der Waals surface area (Å²) < 4.78 is 5.34. The number of hydrogen-bond donors (Lipinski definition) is 2. The smallest absolute Gasteiger partial charge is 0.322 e. The number of amides is 3. The molecule has 174 valence electrons. The van der Waals surface area contributed by atoms with E-state index >= 15 is 0 Å². The summed E-state index contributed by atoms with van der Waals surface area (Å²) in [4.78, 5) is 33.9. The number of anilines is 1. The molecule has 2 aromatic rings. The van der Waals surface area contributed by atoms with Crippen LogP contribution in [0.15, 0.2) is 29.6 Å². The van der Waals surface area contributed by atoms with Gasteiger partial charge < -0.3 is 20.3 Å². The first-order valence-corrected chi connectivity index (χ1v) is 12.0. The number of carbonyl (C=O) groups is 2. The standard InChI is InChI=1S/C23H33N5O3S/c1-4-18-7-5-6-8-19(18)26-23(30)28(17(2)3)15-21-25-20(16-32-21)22(29)24-9-10-27-11-13-31-14-12-27/h5-8,16-17H,4,9-15H2,1-3H3,(H,24,29)(H,26,30). The summed E-state index contributed by atoms with van der Waals surface area (Å²) in [6, 6.07) is 7.63. The molecule has 2 heterocycles. The van der Waals surface area contributed by atoms with Crippen LogP contribution in [0.25, 0.3) is 0 Å². The van der Waals surface area contributed by atoms with Gasteiger partial charge in [-0.25, -0.2) is 9.78 Å². The van der Waals surface area contributed by atoms with E-state index < -0.39 is 0 Å². The Morgan fingerprint density at radius 3 is 2.72 bits per heavy atom. The molecule has 3 rings (SSSR count). The molecule has 1 aromatic heterocycles. The third kappa shape index (κ3) is 6.75. The highest BCUT2D eigenvalue weighted by molar-refractivity contribution is 7.09. The molecule has 1 aliphatic heterocycles. The summed E-state index contributed by atoms with van der Waals surface area (Å²) >= 11 is 1.40. The zero-order valence-corrected chi connectivity index (χ0v) is 19.9. The van der Waals surface area contributed by atoms with Crippen LogP contribution in [0.1, 0.15) is 41.8 Å². The van der Waals surface area contributed by atoms with Gasteiger partial charge in [-0.2, -0.15) is 0 Å². The number of morpholine rings is 1. The molecule has 0 bridgehead atoms. The Labute approximate surface area is 194 Å². The first-order valence-electron chi connectivity index (χ1n) is 11.2. The van der Waals surface area contributed by atoms with Gasteiger partial charge >= 0.3 is 6.03 Å². The third-order valence-corrected chi connectivity index (χ3v) is 6.26. The second kappa shape index (κ2) is 11.9. The predicted octanol–water partition coefficient (Wildman–Crippen LogP) is 3.21. The van der Waals surface area contributed by atoms with Crippen molar-refractivity contribution in [2.75, 3.05) is 44.7 Å². The van der Waals surface area contributed by atoms with Crippen LogP contribution in [0.4, 0.5) is 10.5 Å². The summed E-state index contributed by atoms with van der Waals surface area (Å²) in [5.41, 5.74) is 2.31. The van der Waals surface area contributed by atoms with E-state index in [1.54, 1.807) is 10.3 Å². The van der Waals surface area contributed by atoms with Crippen molar-refractivity contribution in [2.24, 2.45) is 0 Å². The zero-order valence-electron chi connectivity index (χ0n) is 19.1. The van der Waals surface area contributed by atoms with Gasteiger partial charge in [0.05, 0.1) is 19.8 Å². The van der Waals surface area contributed by atoms with Crippen LogP contribution in [0, 0.1) is 0 Å². The van der Waals surface area contributed by atoms with E-state index in [2.05, 4.69) is 27.4 Å². The van der Waals surface area contributed by atoms with Gasteiger partial charge in [-0.15, -0.1) is 11.3 Å². The molecule has 1 fully saturated rings. The molecule has 0 saturated carbocycles. The minimum Gasteiger partial charge on any atom is -0.379 e. The molecule has 0 unspecified atom stereocenters. The molecule has 1 aliphatic rings. The normalized spacial score (nSPS) is 14.4. The molecule has 2 N–H and O–H groups in total. The number of ether oxygens (including phenoxy) is 1. The quantitative estimate of drug-likeness (QED) is 0.601. The molecule has 1 aromatic carbocycles. The Kier molecular flexibility index (Phi) is 9.01. The minimum absolute atomic E-state index is 0.0153. The van der Waals surface area contributed by atoms with E-state index in [4.69, 9.17) is 4.74 Å². The molecule has 9 heteroatoms. The van der Waals surface area contributed by atoms with Gasteiger partial charge in [0.15, 0.2) is 0 Å². The topological polar surface area (TPSA) is 86.8 Å². The molecule has 0 spiro atoms. The van der Waals surface area contributed by atoms with Crippen LogP contribution < -0.4 is 10.6 Å². The van der Waals surface area contributed by atoms with Crippen LogP contribution in [0.3, 0.4) is 0 Å². The van der Waals surface area contributed by atoms with E-state index in [0.717, 1.165) is 55.5 Å². The van der Waals surface area contributed by atoms with Crippen LogP contribution in [-0.4, -0.2) is 72.2 Å². The van der Waals surface area contributed by atoms with Gasteiger partial charge in [0.2, 0.25) is 0 Å². The maximum atomic E-state index is 13.0. The van der Waals surface area contributed by atoms with Crippen molar-refractivity contribution < 1.29 is 14.3 Å². The fourth-order valence-corrected chi connectivity index (χ4v) is 4.27. The Morgan fingerprint density at radius 1 is 1.25 bits per heavy atom. The molecule has 1 saturated heterocycles. The van der Waals surface area contributed by atoms with E-state index in [0.29, 0.717) is 18.8 Å². The monoisotopic (exact) mass is 459 g/mol. The first-order chi connectivity index (χ1) is 15.5. The number of aryl methyl sites for hydroxylation is 1. The number of hydrogen-bond acceptors (Lipinski definition) is 6. The lowest BCUT2D eigenvalue weighted by molar-refractivity contribution is 0.0383. The summed E-state index contributed by atoms with van der Waals surface area (Å²) in [6.07, 6.45) is 0.842. The van der Waals surface area contributed by atoms with Crippen molar-refractivity contribution in [3.8, 4) is 0 Å². The predicted molar refractivity (Wildman–Crippen MR) is 127 cm³/mol. The van der Waals surface area contributed by atoms with Crippen molar-refractivity contribution >= 4 is 29.0 Å². The fraction of sp³-hybridized carbons (Fsp3) is 0.522. The number of thiazole rings is 1. The second-order valence-electron chi connectivity index (χ2n) is 8.00. The highest BCUT2D eigenvalue weighted by Crippen LogP contribution is 2.19. The fourth-order valence-electron chi connectivity index (χ4n) is 3.50. The maximum Gasteiger partial charge on any atom is 0.322 e. The molecule has 0 atom stereocenters. The molecule has 8 nitrogen and oxygen atoms in total. The van der Waals surface area contributed by atoms with Crippen LogP contribution >= 0.6 is 11.3 Å². The number of para-hydroxylation sites is 1. The van der Waals surface area contributed by atoms with E-state index in [-0.39, 0.29) is 18.0 Å². The van der Waals surface area contributed by atoms with Crippen molar-refractivity contribution in [1.29, 1.82) is 0 Å². The van der Waals surface area contributed by atoms with Crippen LogP contribution in [0.5, 0.6) is 0 Å². The lowest BCUT2D eigenvalue weighted by atomic mass is 10.1. The number of nitrogens with zero attached hydrogens (tertiary/aromatic N) is 3. The van der Waals surface area contributed by atoms with E-state index in [1.807, 2.05) is 38.1 Å². The average molecular weight is 460 g/mol. The van der Waals surface area contributed by atoms with Crippen molar-refractivity contribution in [1.82, 2.24) is 20.1 Å². The zero-order chi connectivity index (χ0) is 22.9. The second-order valence-corrected chi connectivity index (χ2v) is 8.94. The Morgan fingerprint density at radius 2 is 2.00 bits per heavy atom. The molecular formula is C23H33N5O3S. The number of aromatic nitrogens is 1. The minimum atomic E-state index is -0.182. The molecule has 0 aliphatic carbocycles. The van der Waals surface area contributed by atoms with Crippen molar-refractivity contribution in [3.05, 3.63) is 45.9 Å². The molecule has 32 heavy (non-hydrogen) atoms. The third-order valence-electron chi connectivity index (χ3n) is 5.43. The largest absolute Gasteiger partial charge is 0.379 e. The summed E-state index contributed by atoms with van der Waals surface area (Å²) in [5.74, 6) is -0.182. The lowest BCUT2D eigenvalue weighted by Crippen LogP contribution is -2.41. The number of rotatable bonds is 9. The number of urea groups is 1. The highest BCUT2D eigenvalue weighted by Gasteiger charge is 2.21. The molecular weight excluding hydrogens is 426 g/mol. The van der Waals surface area contributed by atoms with Gasteiger partial charge in [0.1, 0.15) is 10.7 Å². The van der Waals surface area contributed by atoms with Gasteiger partial charge in [-0.3, -0.25) is 9.69 Å². The van der Waals surface area contributed by atoms with Crippen LogP contribution in [0.2, 0.25) is 0 Å². The number of carbonyl (C=O) groups excluding carboxylic acids is 2. The van der Waals surface area contributed by atoms with Gasteiger partial charge in [-0.1, -0.05) is 25.1 Å². The van der Waals surface area contributed by atoms with Gasteiger partial charge in [0.25, 0.3) is 5.91 Å².